The molecule has 0 aliphatic carbocycles. The Bertz CT molecular complexity index is 702. The summed E-state index contributed by atoms with van der Waals surface area (Å²) in [5.74, 6) is -0.833. The normalized spacial score (nSPS) is 9.09. The minimum atomic E-state index is -0.981. The molecule has 0 bridgehead atoms. The van der Waals surface area contributed by atoms with Gasteiger partial charge in [-0.25, -0.2) is 9.59 Å². The van der Waals surface area contributed by atoms with E-state index in [0.717, 1.165) is 17.2 Å². The summed E-state index contributed by atoms with van der Waals surface area (Å²) >= 11 is 0. The Balaban J connectivity index is 0.000000463. The van der Waals surface area contributed by atoms with E-state index in [2.05, 4.69) is 13.2 Å². The molecule has 4 nitrogen and oxygen atoms in total. The second-order valence-corrected chi connectivity index (χ2v) is 4.57. The van der Waals surface area contributed by atoms with Gasteiger partial charge in [0, 0.05) is 17.2 Å². The number of carboxylic acids is 1. The van der Waals surface area contributed by atoms with Crippen molar-refractivity contribution in [2.45, 2.75) is 6.92 Å². The monoisotopic (exact) mass is 310 g/mol. The maximum Gasteiger partial charge on any atom is 0.338 e. The zero-order valence-electron chi connectivity index (χ0n) is 12.9. The first-order chi connectivity index (χ1) is 11.0. The molecule has 0 aliphatic rings. The first-order valence-corrected chi connectivity index (χ1v) is 6.83. The maximum atomic E-state index is 11.6. The van der Waals surface area contributed by atoms with Gasteiger partial charge in [-0.2, -0.15) is 0 Å². The molecule has 2 aromatic carbocycles. The molecule has 0 heterocycles. The van der Waals surface area contributed by atoms with Crippen LogP contribution in [0.15, 0.2) is 79.4 Å². The molecule has 2 aromatic rings. The van der Waals surface area contributed by atoms with E-state index in [1.165, 1.54) is 0 Å². The fraction of sp³-hybridized carbons (Fsp3) is 0.0526. The first kappa shape index (κ1) is 17.9. The summed E-state index contributed by atoms with van der Waals surface area (Å²) in [6.45, 7) is 8.17. The number of aliphatic carboxylic acids is 1. The van der Waals surface area contributed by atoms with Gasteiger partial charge >= 0.3 is 11.9 Å². The maximum absolute atomic E-state index is 11.6. The van der Waals surface area contributed by atoms with Crippen molar-refractivity contribution in [3.63, 3.8) is 0 Å². The van der Waals surface area contributed by atoms with E-state index in [0.29, 0.717) is 11.3 Å². The lowest BCUT2D eigenvalue weighted by atomic mass is 10.1. The number of para-hydroxylation sites is 1. The summed E-state index contributed by atoms with van der Waals surface area (Å²) in [4.78, 5) is 20.8. The SMILES string of the molecule is C=C(C)C(=O)Oc1ccccc1-c1ccccc1.C=CC(=O)O. The molecule has 0 atom stereocenters. The van der Waals surface area contributed by atoms with Crippen LogP contribution in [0.2, 0.25) is 0 Å². The Morgan fingerprint density at radius 2 is 1.57 bits per heavy atom. The van der Waals surface area contributed by atoms with Crippen LogP contribution in [0.25, 0.3) is 11.1 Å². The lowest BCUT2D eigenvalue weighted by molar-refractivity contribution is -0.131. The van der Waals surface area contributed by atoms with E-state index in [9.17, 15) is 9.59 Å². The number of carbonyl (C=O) groups excluding carboxylic acids is 1. The number of carbonyl (C=O) groups is 2. The van der Waals surface area contributed by atoms with Crippen LogP contribution >= 0.6 is 0 Å². The Kier molecular flexibility index (Phi) is 7.01. The number of hydrogen-bond donors (Lipinski definition) is 1. The second-order valence-electron chi connectivity index (χ2n) is 4.57. The Hall–Kier alpha value is -3.14. The third-order valence-corrected chi connectivity index (χ3v) is 2.70. The minimum absolute atomic E-state index is 0.387. The van der Waals surface area contributed by atoms with E-state index in [-0.39, 0.29) is 0 Å². The number of esters is 1. The largest absolute Gasteiger partial charge is 0.478 e. The van der Waals surface area contributed by atoms with Crippen molar-refractivity contribution in [3.8, 4) is 16.9 Å². The molecule has 0 aliphatic heterocycles. The highest BCUT2D eigenvalue weighted by molar-refractivity contribution is 5.90. The summed E-state index contributed by atoms with van der Waals surface area (Å²) < 4.78 is 5.32. The van der Waals surface area contributed by atoms with E-state index in [1.54, 1.807) is 13.0 Å². The second kappa shape index (κ2) is 9.00. The van der Waals surface area contributed by atoms with Crippen LogP contribution in [0.1, 0.15) is 6.92 Å². The van der Waals surface area contributed by atoms with Gasteiger partial charge in [-0.3, -0.25) is 0 Å². The molecule has 118 valence electrons. The van der Waals surface area contributed by atoms with Gasteiger partial charge in [-0.05, 0) is 18.6 Å². The molecule has 0 saturated carbocycles. The average molecular weight is 310 g/mol. The van der Waals surface area contributed by atoms with E-state index < -0.39 is 11.9 Å². The Morgan fingerprint density at radius 1 is 1.04 bits per heavy atom. The number of hydrogen-bond acceptors (Lipinski definition) is 3. The molecular weight excluding hydrogens is 292 g/mol. The van der Waals surface area contributed by atoms with Gasteiger partial charge in [0.05, 0.1) is 0 Å². The number of carboxylic acid groups (broad SMARTS) is 1. The van der Waals surface area contributed by atoms with Crippen molar-refractivity contribution in [3.05, 3.63) is 79.4 Å². The van der Waals surface area contributed by atoms with Crippen LogP contribution in [0, 0.1) is 0 Å². The van der Waals surface area contributed by atoms with Gasteiger partial charge in [0.25, 0.3) is 0 Å². The van der Waals surface area contributed by atoms with Gasteiger partial charge in [-0.15, -0.1) is 0 Å². The first-order valence-electron chi connectivity index (χ1n) is 6.83. The standard InChI is InChI=1S/C16H14O2.C3H4O2/c1-12(2)16(17)18-15-11-7-6-10-14(15)13-8-4-3-5-9-13;1-2-3(4)5/h3-11H,1H2,2H3;2H,1H2,(H,4,5). The summed E-state index contributed by atoms with van der Waals surface area (Å²) in [6.07, 6.45) is 0.833. The number of benzene rings is 2. The number of ether oxygens (including phenoxy) is 1. The molecule has 1 N–H and O–H groups in total. The molecule has 2 rings (SSSR count). The zero-order chi connectivity index (χ0) is 17.2. The van der Waals surface area contributed by atoms with E-state index in [4.69, 9.17) is 9.84 Å². The van der Waals surface area contributed by atoms with E-state index in [1.807, 2.05) is 48.5 Å². The fourth-order valence-electron chi connectivity index (χ4n) is 1.60. The molecule has 0 radical (unpaired) electrons. The quantitative estimate of drug-likeness (QED) is 0.525. The third kappa shape index (κ3) is 6.01. The summed E-state index contributed by atoms with van der Waals surface area (Å²) in [6, 6.07) is 17.3. The zero-order valence-corrected chi connectivity index (χ0v) is 12.9. The van der Waals surface area contributed by atoms with Crippen LogP contribution in [-0.2, 0) is 9.59 Å². The van der Waals surface area contributed by atoms with Crippen molar-refractivity contribution in [2.75, 3.05) is 0 Å². The molecule has 0 fully saturated rings. The molecule has 0 saturated heterocycles. The third-order valence-electron chi connectivity index (χ3n) is 2.70. The lowest BCUT2D eigenvalue weighted by Gasteiger charge is -2.09. The highest BCUT2D eigenvalue weighted by Gasteiger charge is 2.10. The average Bonchev–Trinajstić information content (AvgIpc) is 2.56. The van der Waals surface area contributed by atoms with Crippen molar-refractivity contribution < 1.29 is 19.4 Å². The van der Waals surface area contributed by atoms with Crippen molar-refractivity contribution in [1.82, 2.24) is 0 Å². The molecule has 4 heteroatoms. The summed E-state index contributed by atoms with van der Waals surface area (Å²) in [5, 5.41) is 7.60. The topological polar surface area (TPSA) is 63.6 Å². The van der Waals surface area contributed by atoms with Gasteiger partial charge in [0.15, 0.2) is 0 Å². The highest BCUT2D eigenvalue weighted by Crippen LogP contribution is 2.29. The minimum Gasteiger partial charge on any atom is -0.478 e. The molecule has 0 aromatic heterocycles. The fourth-order valence-corrected chi connectivity index (χ4v) is 1.60. The van der Waals surface area contributed by atoms with Crippen LogP contribution in [0.4, 0.5) is 0 Å². The van der Waals surface area contributed by atoms with Crippen LogP contribution < -0.4 is 4.74 Å². The molecule has 0 unspecified atom stereocenters. The number of rotatable bonds is 4. The van der Waals surface area contributed by atoms with E-state index >= 15 is 0 Å². The Morgan fingerprint density at radius 3 is 2.09 bits per heavy atom. The van der Waals surface area contributed by atoms with Crippen molar-refractivity contribution in [2.24, 2.45) is 0 Å². The predicted molar refractivity (Wildman–Crippen MR) is 90.2 cm³/mol. The molecule has 0 spiro atoms. The summed E-state index contributed by atoms with van der Waals surface area (Å²) in [7, 11) is 0. The highest BCUT2D eigenvalue weighted by atomic mass is 16.5. The van der Waals surface area contributed by atoms with Gasteiger partial charge in [0.1, 0.15) is 5.75 Å². The lowest BCUT2D eigenvalue weighted by Crippen LogP contribution is -2.08. The van der Waals surface area contributed by atoms with Crippen molar-refractivity contribution >= 4 is 11.9 Å². The molecule has 0 amide bonds. The van der Waals surface area contributed by atoms with Gasteiger partial charge in [-0.1, -0.05) is 61.7 Å². The van der Waals surface area contributed by atoms with Crippen molar-refractivity contribution in [1.29, 1.82) is 0 Å². The van der Waals surface area contributed by atoms with Crippen LogP contribution in [0.5, 0.6) is 5.75 Å². The predicted octanol–water partition coefficient (Wildman–Crippen LogP) is 4.09. The molecular formula is C19H18O4. The Labute approximate surface area is 135 Å². The smallest absolute Gasteiger partial charge is 0.338 e. The van der Waals surface area contributed by atoms with Crippen LogP contribution in [0.3, 0.4) is 0 Å². The van der Waals surface area contributed by atoms with Gasteiger partial charge in [0.2, 0.25) is 0 Å². The van der Waals surface area contributed by atoms with Crippen LogP contribution in [-0.4, -0.2) is 17.0 Å². The molecule has 23 heavy (non-hydrogen) atoms. The summed E-state index contributed by atoms with van der Waals surface area (Å²) in [5.41, 5.74) is 2.30. The van der Waals surface area contributed by atoms with Gasteiger partial charge < -0.3 is 9.84 Å².